The molecule has 76 heavy (non-hydrogen) atoms. The third-order valence-corrected chi connectivity index (χ3v) is 11.8. The number of urea groups is 1. The number of hydrogen-bond donors (Lipinski definition) is 5. The van der Waals surface area contributed by atoms with Crippen molar-refractivity contribution in [1.29, 1.82) is 0 Å². The molecule has 2 heterocycles. The third kappa shape index (κ3) is 17.6. The van der Waals surface area contributed by atoms with Crippen molar-refractivity contribution >= 4 is 52.7 Å². The zero-order valence-corrected chi connectivity index (χ0v) is 44.9. The number of ether oxygens (including phenoxy) is 4. The standard InChI is InChI=1S/C58H71N7O11/c1-56(2,3)74-49(66)30-29-47(53(70)76-58(7,8)9)65-54(71)64-46(52(69)75-57(4,5)6)24-16-17-31-59-50(67)48(32-38-27-26-37-18-10-15-23-44(37)62-38)63-51(68)45-28-25-36(33-60-45)34-61-55(72)73-35-43-41-21-13-11-19-39(41)40-20-12-14-22-42(40)43/h10-15,18-23,25-28,33,43,46-48H,16-17,24,29-32,34-35H2,1-9H3,(H,59,67)(H,61,72)(H,63,68)(H2,64,65,71)/t46-,47-,48-/m0/s1. The average molecular weight is 1040 g/mol. The van der Waals surface area contributed by atoms with Crippen LogP contribution in [0, 0.1) is 0 Å². The van der Waals surface area contributed by atoms with Crippen molar-refractivity contribution < 1.29 is 52.5 Å². The summed E-state index contributed by atoms with van der Waals surface area (Å²) in [5.74, 6) is -3.24. The highest BCUT2D eigenvalue weighted by atomic mass is 16.6. The predicted octanol–water partition coefficient (Wildman–Crippen LogP) is 8.14. The number of hydrogen-bond acceptors (Lipinski definition) is 13. The van der Waals surface area contributed by atoms with Gasteiger partial charge in [0.05, 0.1) is 5.52 Å². The van der Waals surface area contributed by atoms with Gasteiger partial charge in [-0.2, -0.15) is 0 Å². The van der Waals surface area contributed by atoms with Gasteiger partial charge in [-0.25, -0.2) is 19.2 Å². The minimum atomic E-state index is -1.25. The lowest BCUT2D eigenvalue weighted by Gasteiger charge is -2.27. The van der Waals surface area contributed by atoms with E-state index in [1.807, 2.05) is 66.7 Å². The molecule has 0 unspecified atom stereocenters. The van der Waals surface area contributed by atoms with E-state index in [-0.39, 0.29) is 57.0 Å². The van der Waals surface area contributed by atoms with Gasteiger partial charge in [-0.15, -0.1) is 0 Å². The van der Waals surface area contributed by atoms with Gasteiger partial charge in [0.2, 0.25) is 5.91 Å². The summed E-state index contributed by atoms with van der Waals surface area (Å²) in [7, 11) is 0. The van der Waals surface area contributed by atoms with E-state index < -0.39 is 76.8 Å². The SMILES string of the molecule is CC(C)(C)OC(=O)CC[C@H](NC(=O)N[C@@H](CCCCNC(=O)[C@H](Cc1ccc2ccccc2n1)NC(=O)c1ccc(CNC(=O)OCC2c3ccccc3-c3ccccc32)cn1)C(=O)OC(C)(C)C)C(=O)OC(C)(C)C. The van der Waals surface area contributed by atoms with Crippen LogP contribution in [0.15, 0.2) is 103 Å². The minimum absolute atomic E-state index is 0.0411. The molecule has 5 N–H and O–H groups in total. The Kier molecular flexibility index (Phi) is 19.3. The highest BCUT2D eigenvalue weighted by molar-refractivity contribution is 5.96. The largest absolute Gasteiger partial charge is 0.460 e. The van der Waals surface area contributed by atoms with E-state index in [2.05, 4.69) is 43.7 Å². The number of alkyl carbamates (subject to hydrolysis) is 1. The quantitative estimate of drug-likeness (QED) is 0.0265. The Balaban J connectivity index is 1.04. The molecule has 18 heteroatoms. The van der Waals surface area contributed by atoms with Crippen LogP contribution in [0.25, 0.3) is 22.0 Å². The summed E-state index contributed by atoms with van der Waals surface area (Å²) in [6, 6.07) is 26.2. The first-order chi connectivity index (χ1) is 35.9. The zero-order chi connectivity index (χ0) is 55.2. The highest BCUT2D eigenvalue weighted by Gasteiger charge is 2.33. The molecule has 1 aliphatic carbocycles. The van der Waals surface area contributed by atoms with Crippen LogP contribution in [0.4, 0.5) is 9.59 Å². The highest BCUT2D eigenvalue weighted by Crippen LogP contribution is 2.44. The summed E-state index contributed by atoms with van der Waals surface area (Å²) in [6.45, 7) is 15.6. The first-order valence-corrected chi connectivity index (χ1v) is 25.6. The number of aromatic nitrogens is 2. The number of nitrogens with zero attached hydrogens (tertiary/aromatic N) is 2. The maximum absolute atomic E-state index is 13.9. The summed E-state index contributed by atoms with van der Waals surface area (Å²) in [4.78, 5) is 102. The maximum Gasteiger partial charge on any atom is 0.407 e. The first-order valence-electron chi connectivity index (χ1n) is 25.6. The van der Waals surface area contributed by atoms with Crippen LogP contribution in [0.5, 0.6) is 0 Å². The minimum Gasteiger partial charge on any atom is -0.460 e. The van der Waals surface area contributed by atoms with Gasteiger partial charge in [0.15, 0.2) is 0 Å². The number of amides is 5. The molecular weight excluding hydrogens is 971 g/mol. The van der Waals surface area contributed by atoms with Crippen molar-refractivity contribution in [3.8, 4) is 11.1 Å². The number of benzene rings is 3. The third-order valence-electron chi connectivity index (χ3n) is 11.8. The van der Waals surface area contributed by atoms with Crippen LogP contribution in [-0.2, 0) is 51.1 Å². The second-order valence-electron chi connectivity index (χ2n) is 21.7. The van der Waals surface area contributed by atoms with Crippen molar-refractivity contribution in [1.82, 2.24) is 36.6 Å². The van der Waals surface area contributed by atoms with Crippen LogP contribution in [-0.4, -0.2) is 99.9 Å². The molecule has 2 aromatic heterocycles. The summed E-state index contributed by atoms with van der Waals surface area (Å²) in [6.07, 6.45) is 1.38. The summed E-state index contributed by atoms with van der Waals surface area (Å²) >= 11 is 0. The normalized spacial score (nSPS) is 13.4. The number of unbranched alkanes of at least 4 members (excludes halogenated alkanes) is 1. The monoisotopic (exact) mass is 1040 g/mol. The number of nitrogens with one attached hydrogen (secondary N) is 5. The number of carbonyl (C=O) groups is 7. The van der Waals surface area contributed by atoms with Gasteiger partial charge in [-0.05, 0) is 134 Å². The van der Waals surface area contributed by atoms with E-state index in [1.54, 1.807) is 74.4 Å². The van der Waals surface area contributed by atoms with Gasteiger partial charge in [0.1, 0.15) is 47.2 Å². The lowest BCUT2D eigenvalue weighted by molar-refractivity contribution is -0.159. The summed E-state index contributed by atoms with van der Waals surface area (Å²) in [5, 5.41) is 14.6. The molecule has 6 rings (SSSR count). The summed E-state index contributed by atoms with van der Waals surface area (Å²) in [5.41, 5.74) is 3.85. The number of rotatable bonds is 21. The molecule has 3 atom stereocenters. The molecule has 5 aromatic rings. The molecule has 0 bridgehead atoms. The topological polar surface area (TPSA) is 242 Å². The van der Waals surface area contributed by atoms with Gasteiger partial charge in [-0.1, -0.05) is 78.9 Å². The van der Waals surface area contributed by atoms with Crippen LogP contribution < -0.4 is 26.6 Å². The molecule has 404 valence electrons. The Morgan fingerprint density at radius 2 is 1.20 bits per heavy atom. The Bertz CT molecular complexity index is 2820. The van der Waals surface area contributed by atoms with Gasteiger partial charge in [0.25, 0.3) is 5.91 Å². The number of esters is 3. The van der Waals surface area contributed by atoms with E-state index in [0.717, 1.165) is 33.2 Å². The fourth-order valence-corrected chi connectivity index (χ4v) is 8.42. The maximum atomic E-state index is 13.9. The second kappa shape index (κ2) is 25.6. The Morgan fingerprint density at radius 3 is 1.80 bits per heavy atom. The van der Waals surface area contributed by atoms with Gasteiger partial charge < -0.3 is 45.5 Å². The van der Waals surface area contributed by atoms with Crippen LogP contribution >= 0.6 is 0 Å². The van der Waals surface area contributed by atoms with Crippen molar-refractivity contribution in [2.75, 3.05) is 13.2 Å². The summed E-state index contributed by atoms with van der Waals surface area (Å²) < 4.78 is 22.2. The molecule has 0 spiro atoms. The molecule has 0 saturated carbocycles. The molecule has 18 nitrogen and oxygen atoms in total. The predicted molar refractivity (Wildman–Crippen MR) is 286 cm³/mol. The fraction of sp³-hybridized carbons (Fsp3) is 0.431. The lowest BCUT2D eigenvalue weighted by atomic mass is 9.98. The molecular formula is C58H71N7O11. The van der Waals surface area contributed by atoms with E-state index in [4.69, 9.17) is 23.9 Å². The Hall–Kier alpha value is -7.89. The lowest BCUT2D eigenvalue weighted by Crippen LogP contribution is -2.53. The van der Waals surface area contributed by atoms with Gasteiger partial charge in [-0.3, -0.25) is 24.4 Å². The second-order valence-corrected chi connectivity index (χ2v) is 21.7. The van der Waals surface area contributed by atoms with Crippen molar-refractivity contribution in [2.45, 2.75) is 148 Å². The van der Waals surface area contributed by atoms with Crippen molar-refractivity contribution in [2.24, 2.45) is 0 Å². The van der Waals surface area contributed by atoms with Crippen molar-refractivity contribution in [3.63, 3.8) is 0 Å². The zero-order valence-electron chi connectivity index (χ0n) is 44.9. The molecule has 0 aliphatic heterocycles. The molecule has 0 radical (unpaired) electrons. The molecule has 5 amide bonds. The van der Waals surface area contributed by atoms with Gasteiger partial charge >= 0.3 is 30.0 Å². The smallest absolute Gasteiger partial charge is 0.407 e. The molecule has 0 saturated heterocycles. The average Bonchev–Trinajstić information content (AvgIpc) is 3.67. The van der Waals surface area contributed by atoms with Crippen molar-refractivity contribution in [3.05, 3.63) is 131 Å². The van der Waals surface area contributed by atoms with Crippen LogP contribution in [0.1, 0.15) is 133 Å². The Morgan fingerprint density at radius 1 is 0.605 bits per heavy atom. The fourth-order valence-electron chi connectivity index (χ4n) is 8.42. The number of fused-ring (bicyclic) bond motifs is 4. The van der Waals surface area contributed by atoms with Crippen LogP contribution in [0.2, 0.25) is 0 Å². The number of para-hydroxylation sites is 1. The molecule has 1 aliphatic rings. The molecule has 3 aromatic carbocycles. The number of pyridine rings is 2. The van der Waals surface area contributed by atoms with Crippen LogP contribution in [0.3, 0.4) is 0 Å². The van der Waals surface area contributed by atoms with E-state index in [0.29, 0.717) is 24.1 Å². The van der Waals surface area contributed by atoms with E-state index in [9.17, 15) is 33.6 Å². The van der Waals surface area contributed by atoms with E-state index in [1.165, 1.54) is 12.3 Å². The number of carbonyl (C=O) groups excluding carboxylic acids is 7. The molecule has 0 fully saturated rings. The van der Waals surface area contributed by atoms with Gasteiger partial charge in [0, 0.05) is 49.1 Å². The van der Waals surface area contributed by atoms with E-state index >= 15 is 0 Å². The first kappa shape index (κ1) is 57.4. The Labute approximate surface area is 444 Å².